The van der Waals surface area contributed by atoms with Crippen molar-refractivity contribution >= 4 is 17.5 Å². The van der Waals surface area contributed by atoms with Crippen molar-refractivity contribution in [3.05, 3.63) is 29.3 Å². The molecular formula is C15H20N2O2. The Morgan fingerprint density at radius 2 is 2.26 bits per heavy atom. The van der Waals surface area contributed by atoms with E-state index in [0.717, 1.165) is 23.2 Å². The largest absolute Gasteiger partial charge is 0.353 e. The van der Waals surface area contributed by atoms with E-state index in [4.69, 9.17) is 0 Å². The molecule has 0 aliphatic carbocycles. The van der Waals surface area contributed by atoms with Crippen LogP contribution in [0, 0.1) is 6.92 Å². The standard InChI is InChI=1S/C15H20N2O2/c1-4-10(3)16-15(19)12-8-14(18)17-13-7-9(2)5-6-11(12)13/h5-7,10,12H,4,8H2,1-3H3,(H,16,19)(H,17,18). The zero-order valence-electron chi connectivity index (χ0n) is 11.6. The maximum Gasteiger partial charge on any atom is 0.228 e. The predicted octanol–water partition coefficient (Wildman–Crippen LogP) is 2.34. The Morgan fingerprint density at radius 3 is 2.95 bits per heavy atom. The van der Waals surface area contributed by atoms with Crippen LogP contribution in [0.2, 0.25) is 0 Å². The number of benzene rings is 1. The van der Waals surface area contributed by atoms with Crippen LogP contribution in [-0.4, -0.2) is 17.9 Å². The first kappa shape index (κ1) is 13.6. The number of carbonyl (C=O) groups is 2. The average Bonchev–Trinajstić information content (AvgIpc) is 2.36. The van der Waals surface area contributed by atoms with E-state index in [1.807, 2.05) is 39.0 Å². The number of anilines is 1. The van der Waals surface area contributed by atoms with Crippen LogP contribution < -0.4 is 10.6 Å². The summed E-state index contributed by atoms with van der Waals surface area (Å²) < 4.78 is 0. The highest BCUT2D eigenvalue weighted by atomic mass is 16.2. The molecule has 1 heterocycles. The van der Waals surface area contributed by atoms with Gasteiger partial charge in [0.25, 0.3) is 0 Å². The summed E-state index contributed by atoms with van der Waals surface area (Å²) in [5, 5.41) is 5.79. The maximum atomic E-state index is 12.3. The first-order valence-electron chi connectivity index (χ1n) is 6.72. The van der Waals surface area contributed by atoms with Crippen LogP contribution in [-0.2, 0) is 9.59 Å². The maximum absolute atomic E-state index is 12.3. The number of amides is 2. The van der Waals surface area contributed by atoms with Gasteiger partial charge in [0, 0.05) is 18.2 Å². The van der Waals surface area contributed by atoms with Crippen molar-refractivity contribution in [1.29, 1.82) is 0 Å². The second-order valence-electron chi connectivity index (χ2n) is 5.21. The second kappa shape index (κ2) is 5.43. The lowest BCUT2D eigenvalue weighted by Gasteiger charge is -2.26. The molecular weight excluding hydrogens is 240 g/mol. The van der Waals surface area contributed by atoms with Gasteiger partial charge in [-0.3, -0.25) is 9.59 Å². The van der Waals surface area contributed by atoms with E-state index in [-0.39, 0.29) is 30.2 Å². The Bertz CT molecular complexity index is 511. The minimum Gasteiger partial charge on any atom is -0.353 e. The van der Waals surface area contributed by atoms with Gasteiger partial charge in [-0.1, -0.05) is 19.1 Å². The van der Waals surface area contributed by atoms with Crippen molar-refractivity contribution in [3.8, 4) is 0 Å². The van der Waals surface area contributed by atoms with Gasteiger partial charge >= 0.3 is 0 Å². The highest BCUT2D eigenvalue weighted by Gasteiger charge is 2.30. The molecule has 0 aromatic heterocycles. The molecule has 2 atom stereocenters. The molecule has 1 aliphatic heterocycles. The Labute approximate surface area is 113 Å². The molecule has 0 saturated heterocycles. The van der Waals surface area contributed by atoms with Crippen molar-refractivity contribution in [1.82, 2.24) is 5.32 Å². The molecule has 0 fully saturated rings. The Hall–Kier alpha value is -1.84. The van der Waals surface area contributed by atoms with Crippen LogP contribution in [0.4, 0.5) is 5.69 Å². The van der Waals surface area contributed by atoms with Crippen LogP contribution in [0.1, 0.15) is 43.7 Å². The molecule has 2 amide bonds. The summed E-state index contributed by atoms with van der Waals surface area (Å²) in [6.45, 7) is 5.96. The van der Waals surface area contributed by atoms with E-state index in [2.05, 4.69) is 10.6 Å². The molecule has 1 aromatic carbocycles. The summed E-state index contributed by atoms with van der Waals surface area (Å²) in [4.78, 5) is 24.0. The molecule has 0 saturated carbocycles. The second-order valence-corrected chi connectivity index (χ2v) is 5.21. The molecule has 4 nitrogen and oxygen atoms in total. The summed E-state index contributed by atoms with van der Waals surface area (Å²) in [6, 6.07) is 5.95. The minimum absolute atomic E-state index is 0.0608. The Balaban J connectivity index is 2.27. The third kappa shape index (κ3) is 2.95. The molecule has 2 unspecified atom stereocenters. The molecule has 1 aromatic rings. The van der Waals surface area contributed by atoms with Gasteiger partial charge in [0.15, 0.2) is 0 Å². The highest BCUT2D eigenvalue weighted by Crippen LogP contribution is 2.33. The number of carbonyl (C=O) groups excluding carboxylic acids is 2. The first-order valence-corrected chi connectivity index (χ1v) is 6.72. The third-order valence-electron chi connectivity index (χ3n) is 3.57. The van der Waals surface area contributed by atoms with E-state index in [9.17, 15) is 9.59 Å². The molecule has 19 heavy (non-hydrogen) atoms. The molecule has 1 aliphatic rings. The molecule has 102 valence electrons. The lowest BCUT2D eigenvalue weighted by atomic mass is 9.89. The fraction of sp³-hybridized carbons (Fsp3) is 0.467. The van der Waals surface area contributed by atoms with Crippen LogP contribution in [0.5, 0.6) is 0 Å². The minimum atomic E-state index is -0.377. The van der Waals surface area contributed by atoms with Gasteiger partial charge in [-0.15, -0.1) is 0 Å². The molecule has 4 heteroatoms. The number of fused-ring (bicyclic) bond motifs is 1. The quantitative estimate of drug-likeness (QED) is 0.876. The van der Waals surface area contributed by atoms with Crippen molar-refractivity contribution in [2.45, 2.75) is 45.6 Å². The van der Waals surface area contributed by atoms with E-state index in [1.165, 1.54) is 0 Å². The van der Waals surface area contributed by atoms with Gasteiger partial charge in [-0.05, 0) is 37.5 Å². The number of rotatable bonds is 3. The molecule has 0 bridgehead atoms. The van der Waals surface area contributed by atoms with E-state index in [1.54, 1.807) is 0 Å². The van der Waals surface area contributed by atoms with Crippen LogP contribution in [0.25, 0.3) is 0 Å². The lowest BCUT2D eigenvalue weighted by molar-refractivity contribution is -0.126. The van der Waals surface area contributed by atoms with Crippen LogP contribution >= 0.6 is 0 Å². The van der Waals surface area contributed by atoms with Gasteiger partial charge in [0.1, 0.15) is 0 Å². The topological polar surface area (TPSA) is 58.2 Å². The Kier molecular flexibility index (Phi) is 3.88. The van der Waals surface area contributed by atoms with Gasteiger partial charge in [-0.2, -0.15) is 0 Å². The molecule has 0 radical (unpaired) electrons. The third-order valence-corrected chi connectivity index (χ3v) is 3.57. The van der Waals surface area contributed by atoms with Crippen LogP contribution in [0.15, 0.2) is 18.2 Å². The van der Waals surface area contributed by atoms with Crippen molar-refractivity contribution in [2.24, 2.45) is 0 Å². The predicted molar refractivity (Wildman–Crippen MR) is 75.1 cm³/mol. The molecule has 2 N–H and O–H groups in total. The monoisotopic (exact) mass is 260 g/mol. The normalized spacial score (nSPS) is 19.3. The summed E-state index contributed by atoms with van der Waals surface area (Å²) in [7, 11) is 0. The van der Waals surface area contributed by atoms with E-state index < -0.39 is 0 Å². The van der Waals surface area contributed by atoms with Gasteiger partial charge in [0.05, 0.1) is 5.92 Å². The summed E-state index contributed by atoms with van der Waals surface area (Å²) in [6.07, 6.45) is 1.10. The average molecular weight is 260 g/mol. The highest BCUT2D eigenvalue weighted by molar-refractivity contribution is 6.01. The SMILES string of the molecule is CCC(C)NC(=O)C1CC(=O)Nc2cc(C)ccc21. The number of hydrogen-bond donors (Lipinski definition) is 2. The van der Waals surface area contributed by atoms with Gasteiger partial charge < -0.3 is 10.6 Å². The van der Waals surface area contributed by atoms with E-state index in [0.29, 0.717) is 0 Å². The van der Waals surface area contributed by atoms with E-state index >= 15 is 0 Å². The molecule has 2 rings (SSSR count). The van der Waals surface area contributed by atoms with Crippen molar-refractivity contribution in [3.63, 3.8) is 0 Å². The van der Waals surface area contributed by atoms with Crippen LogP contribution in [0.3, 0.4) is 0 Å². The number of nitrogens with one attached hydrogen (secondary N) is 2. The zero-order valence-corrected chi connectivity index (χ0v) is 11.6. The van der Waals surface area contributed by atoms with Crippen molar-refractivity contribution < 1.29 is 9.59 Å². The van der Waals surface area contributed by atoms with Gasteiger partial charge in [-0.25, -0.2) is 0 Å². The Morgan fingerprint density at radius 1 is 1.53 bits per heavy atom. The number of aryl methyl sites for hydroxylation is 1. The summed E-state index contributed by atoms with van der Waals surface area (Å²) in [5.74, 6) is -0.532. The summed E-state index contributed by atoms with van der Waals surface area (Å²) in [5.41, 5.74) is 2.74. The summed E-state index contributed by atoms with van der Waals surface area (Å²) >= 11 is 0. The number of hydrogen-bond acceptors (Lipinski definition) is 2. The fourth-order valence-electron chi connectivity index (χ4n) is 2.26. The van der Waals surface area contributed by atoms with Gasteiger partial charge in [0.2, 0.25) is 11.8 Å². The molecule has 0 spiro atoms. The smallest absolute Gasteiger partial charge is 0.228 e. The zero-order chi connectivity index (χ0) is 14.0. The lowest BCUT2D eigenvalue weighted by Crippen LogP contribution is -2.39. The first-order chi connectivity index (χ1) is 9.01. The fourth-order valence-corrected chi connectivity index (χ4v) is 2.26. The van der Waals surface area contributed by atoms with Crippen molar-refractivity contribution in [2.75, 3.05) is 5.32 Å².